The van der Waals surface area contributed by atoms with Gasteiger partial charge in [0.05, 0.1) is 24.2 Å². The zero-order valence-corrected chi connectivity index (χ0v) is 13.0. The van der Waals surface area contributed by atoms with Crippen molar-refractivity contribution < 1.29 is 9.53 Å². The maximum absolute atomic E-state index is 12.4. The second-order valence-corrected chi connectivity index (χ2v) is 5.42. The summed E-state index contributed by atoms with van der Waals surface area (Å²) in [4.78, 5) is 38.8. The van der Waals surface area contributed by atoms with E-state index in [2.05, 4.69) is 0 Å². The van der Waals surface area contributed by atoms with Crippen LogP contribution >= 0.6 is 0 Å². The van der Waals surface area contributed by atoms with Gasteiger partial charge >= 0.3 is 11.1 Å². The number of carbonyl (C=O) groups excluding carboxylic acids is 1. The monoisotopic (exact) mass is 317 g/mol. The van der Waals surface area contributed by atoms with Gasteiger partial charge in [0.1, 0.15) is 6.54 Å². The Balaban J connectivity index is 2.07. The molecule has 0 aliphatic carbocycles. The van der Waals surface area contributed by atoms with Gasteiger partial charge in [-0.2, -0.15) is 0 Å². The van der Waals surface area contributed by atoms with E-state index in [1.54, 1.807) is 23.1 Å². The normalized spacial score (nSPS) is 15.1. The lowest BCUT2D eigenvalue weighted by molar-refractivity contribution is -0.135. The van der Waals surface area contributed by atoms with Gasteiger partial charge in [0.25, 0.3) is 0 Å². The number of rotatable bonds is 3. The van der Waals surface area contributed by atoms with E-state index in [-0.39, 0.29) is 12.5 Å². The first kappa shape index (κ1) is 15.5. The summed E-state index contributed by atoms with van der Waals surface area (Å²) in [6, 6.07) is 7.15. The summed E-state index contributed by atoms with van der Waals surface area (Å²) in [5, 5.41) is 0. The van der Waals surface area contributed by atoms with Gasteiger partial charge in [0.2, 0.25) is 5.91 Å². The molecule has 0 radical (unpaired) electrons. The molecule has 1 saturated heterocycles. The van der Waals surface area contributed by atoms with E-state index < -0.39 is 11.1 Å². The largest absolute Gasteiger partial charge is 0.378 e. The smallest absolute Gasteiger partial charge is 0.317 e. The number of ether oxygens (including phenoxy) is 1. The van der Waals surface area contributed by atoms with Crippen LogP contribution in [0.5, 0.6) is 0 Å². The van der Waals surface area contributed by atoms with E-state index in [9.17, 15) is 14.4 Å². The van der Waals surface area contributed by atoms with Crippen molar-refractivity contribution in [3.8, 4) is 0 Å². The Morgan fingerprint density at radius 1 is 1.04 bits per heavy atom. The molecule has 1 aliphatic heterocycles. The molecular formula is C16H19N3O4. The van der Waals surface area contributed by atoms with Crippen LogP contribution in [0.4, 0.5) is 0 Å². The van der Waals surface area contributed by atoms with Gasteiger partial charge in [-0.15, -0.1) is 0 Å². The average Bonchev–Trinajstić information content (AvgIpc) is 2.60. The Morgan fingerprint density at radius 3 is 2.22 bits per heavy atom. The number of morpholine rings is 1. The van der Waals surface area contributed by atoms with Crippen LogP contribution in [-0.4, -0.2) is 46.2 Å². The van der Waals surface area contributed by atoms with Crippen LogP contribution < -0.4 is 11.1 Å². The third-order valence-corrected chi connectivity index (χ3v) is 4.11. The Morgan fingerprint density at radius 2 is 1.61 bits per heavy atom. The molecule has 0 spiro atoms. The van der Waals surface area contributed by atoms with Crippen molar-refractivity contribution in [3.05, 3.63) is 45.0 Å². The Bertz CT molecular complexity index is 847. The number of aryl methyl sites for hydroxylation is 1. The van der Waals surface area contributed by atoms with Crippen LogP contribution in [0.3, 0.4) is 0 Å². The molecule has 3 rings (SSSR count). The topological polar surface area (TPSA) is 73.5 Å². The van der Waals surface area contributed by atoms with Crippen molar-refractivity contribution in [1.29, 1.82) is 0 Å². The van der Waals surface area contributed by atoms with Crippen molar-refractivity contribution in [2.75, 3.05) is 26.3 Å². The number of hydrogen-bond acceptors (Lipinski definition) is 4. The molecule has 0 N–H and O–H groups in total. The van der Waals surface area contributed by atoms with Crippen molar-refractivity contribution >= 4 is 16.9 Å². The predicted molar refractivity (Wildman–Crippen MR) is 85.5 cm³/mol. The van der Waals surface area contributed by atoms with Crippen LogP contribution in [0, 0.1) is 0 Å². The van der Waals surface area contributed by atoms with E-state index >= 15 is 0 Å². The third kappa shape index (κ3) is 2.79. The minimum Gasteiger partial charge on any atom is -0.378 e. The molecule has 7 nitrogen and oxygen atoms in total. The van der Waals surface area contributed by atoms with Gasteiger partial charge < -0.3 is 14.2 Å². The minimum absolute atomic E-state index is 0.126. The lowest BCUT2D eigenvalue weighted by Crippen LogP contribution is -2.46. The summed E-state index contributed by atoms with van der Waals surface area (Å²) in [7, 11) is 0. The number of aromatic nitrogens is 2. The first-order valence-electron chi connectivity index (χ1n) is 7.71. The fourth-order valence-electron chi connectivity index (χ4n) is 2.89. The van der Waals surface area contributed by atoms with E-state index in [1.807, 2.05) is 13.0 Å². The highest BCUT2D eigenvalue weighted by Crippen LogP contribution is 2.11. The predicted octanol–water partition coefficient (Wildman–Crippen LogP) is 0.0419. The molecule has 1 amide bonds. The molecular weight excluding hydrogens is 298 g/mol. The van der Waals surface area contributed by atoms with Gasteiger partial charge in [-0.1, -0.05) is 12.1 Å². The summed E-state index contributed by atoms with van der Waals surface area (Å²) >= 11 is 0. The molecule has 122 valence electrons. The lowest BCUT2D eigenvalue weighted by Gasteiger charge is -2.27. The number of fused-ring (bicyclic) bond motifs is 1. The number of amides is 1. The third-order valence-electron chi connectivity index (χ3n) is 4.11. The summed E-state index contributed by atoms with van der Waals surface area (Å²) in [5.41, 5.74) is 0.00285. The van der Waals surface area contributed by atoms with Gasteiger partial charge in [-0.05, 0) is 19.1 Å². The fraction of sp³-hybridized carbons (Fsp3) is 0.438. The maximum atomic E-state index is 12.4. The number of benzene rings is 1. The molecule has 1 aromatic carbocycles. The average molecular weight is 317 g/mol. The Hall–Kier alpha value is -2.41. The van der Waals surface area contributed by atoms with E-state index in [0.29, 0.717) is 43.9 Å². The molecule has 0 unspecified atom stereocenters. The number of nitrogens with zero attached hydrogens (tertiary/aromatic N) is 3. The van der Waals surface area contributed by atoms with E-state index in [4.69, 9.17) is 4.74 Å². The second-order valence-electron chi connectivity index (χ2n) is 5.42. The summed E-state index contributed by atoms with van der Waals surface area (Å²) in [6.07, 6.45) is 0. The van der Waals surface area contributed by atoms with Crippen molar-refractivity contribution in [2.24, 2.45) is 0 Å². The molecule has 7 heteroatoms. The molecule has 2 heterocycles. The van der Waals surface area contributed by atoms with Crippen LogP contribution in [0.25, 0.3) is 11.0 Å². The highest BCUT2D eigenvalue weighted by atomic mass is 16.5. The first-order chi connectivity index (χ1) is 11.1. The number of para-hydroxylation sites is 2. The standard InChI is InChI=1S/C16H19N3O4/c1-2-18-12-5-3-4-6-13(12)19(16(22)15(18)21)11-14(20)17-7-9-23-10-8-17/h3-6H,2,7-11H2,1H3. The van der Waals surface area contributed by atoms with Gasteiger partial charge in [0.15, 0.2) is 0 Å². The molecule has 0 bridgehead atoms. The van der Waals surface area contributed by atoms with E-state index in [1.165, 1.54) is 9.13 Å². The van der Waals surface area contributed by atoms with Crippen molar-refractivity contribution in [1.82, 2.24) is 14.0 Å². The van der Waals surface area contributed by atoms with Crippen LogP contribution in [0.2, 0.25) is 0 Å². The van der Waals surface area contributed by atoms with Crippen LogP contribution in [-0.2, 0) is 22.6 Å². The second kappa shape index (κ2) is 6.37. The van der Waals surface area contributed by atoms with Crippen molar-refractivity contribution in [3.63, 3.8) is 0 Å². The molecule has 0 atom stereocenters. The molecule has 1 fully saturated rings. The molecule has 1 aliphatic rings. The molecule has 23 heavy (non-hydrogen) atoms. The summed E-state index contributed by atoms with van der Waals surface area (Å²) < 4.78 is 7.94. The minimum atomic E-state index is -0.660. The Labute approximate surface area is 132 Å². The van der Waals surface area contributed by atoms with E-state index in [0.717, 1.165) is 0 Å². The summed E-state index contributed by atoms with van der Waals surface area (Å²) in [6.45, 7) is 4.12. The Kier molecular flexibility index (Phi) is 4.29. The van der Waals surface area contributed by atoms with Crippen LogP contribution in [0.1, 0.15) is 6.92 Å². The van der Waals surface area contributed by atoms with Crippen molar-refractivity contribution in [2.45, 2.75) is 20.0 Å². The first-order valence-corrected chi connectivity index (χ1v) is 7.71. The zero-order valence-electron chi connectivity index (χ0n) is 13.0. The molecule has 1 aromatic heterocycles. The quantitative estimate of drug-likeness (QED) is 0.749. The SMILES string of the molecule is CCn1c(=O)c(=O)n(CC(=O)N2CCOCC2)c2ccccc21. The summed E-state index contributed by atoms with van der Waals surface area (Å²) in [5.74, 6) is -0.172. The molecule has 0 saturated carbocycles. The highest BCUT2D eigenvalue weighted by Gasteiger charge is 2.20. The molecule has 2 aromatic rings. The van der Waals surface area contributed by atoms with Gasteiger partial charge in [0, 0.05) is 19.6 Å². The van der Waals surface area contributed by atoms with Crippen LogP contribution in [0.15, 0.2) is 33.9 Å². The lowest BCUT2D eigenvalue weighted by atomic mass is 10.2. The zero-order chi connectivity index (χ0) is 16.4. The number of hydrogen-bond donors (Lipinski definition) is 0. The highest BCUT2D eigenvalue weighted by molar-refractivity contribution is 5.80. The van der Waals surface area contributed by atoms with Gasteiger partial charge in [-0.25, -0.2) is 0 Å². The van der Waals surface area contributed by atoms with Gasteiger partial charge in [-0.3, -0.25) is 19.0 Å². The maximum Gasteiger partial charge on any atom is 0.317 e. The number of carbonyl (C=O) groups is 1. The fourth-order valence-corrected chi connectivity index (χ4v) is 2.89.